The molecule has 1 N–H and O–H groups in total. The zero-order valence-electron chi connectivity index (χ0n) is 13.6. The molecule has 0 aliphatic rings. The molecule has 25 heavy (non-hydrogen) atoms. The number of fused-ring (bicyclic) bond motifs is 1. The van der Waals surface area contributed by atoms with Gasteiger partial charge >= 0.3 is 0 Å². The van der Waals surface area contributed by atoms with Gasteiger partial charge in [0.05, 0.1) is 11.8 Å². The summed E-state index contributed by atoms with van der Waals surface area (Å²) in [6.45, 7) is 2.74. The number of nitrogens with zero attached hydrogens (tertiary/aromatic N) is 5. The van der Waals surface area contributed by atoms with Gasteiger partial charge in [-0.3, -0.25) is 4.79 Å². The molecule has 2 aromatic carbocycles. The largest absolute Gasteiger partial charge is 0.322 e. The molecule has 7 nitrogen and oxygen atoms in total. The van der Waals surface area contributed by atoms with Crippen LogP contribution in [-0.2, 0) is 6.54 Å². The van der Waals surface area contributed by atoms with E-state index in [-0.39, 0.29) is 5.91 Å². The first kappa shape index (κ1) is 15.1. The van der Waals surface area contributed by atoms with Crippen molar-refractivity contribution in [3.63, 3.8) is 0 Å². The van der Waals surface area contributed by atoms with Crippen LogP contribution in [0, 0.1) is 0 Å². The predicted octanol–water partition coefficient (Wildman–Crippen LogP) is 2.89. The van der Waals surface area contributed by atoms with Crippen molar-refractivity contribution in [2.45, 2.75) is 13.5 Å². The van der Waals surface area contributed by atoms with Gasteiger partial charge in [0, 0.05) is 35.9 Å². The number of aromatic nitrogens is 5. The summed E-state index contributed by atoms with van der Waals surface area (Å²) in [5.74, 6) is -0.177. The van der Waals surface area contributed by atoms with Crippen molar-refractivity contribution in [1.29, 1.82) is 0 Å². The van der Waals surface area contributed by atoms with Crippen LogP contribution in [0.1, 0.15) is 17.3 Å². The van der Waals surface area contributed by atoms with Gasteiger partial charge in [0.25, 0.3) is 5.91 Å². The topological polar surface area (TPSA) is 77.6 Å². The molecule has 0 bridgehead atoms. The molecular formula is C18H16N6O. The molecule has 0 spiro atoms. The molecule has 0 saturated carbocycles. The van der Waals surface area contributed by atoms with Gasteiger partial charge in [-0.05, 0) is 49.4 Å². The van der Waals surface area contributed by atoms with Crippen LogP contribution >= 0.6 is 0 Å². The maximum atomic E-state index is 12.5. The first-order chi connectivity index (χ1) is 12.2. The van der Waals surface area contributed by atoms with Gasteiger partial charge in [0.2, 0.25) is 0 Å². The molecule has 4 rings (SSSR count). The number of imidazole rings is 1. The molecule has 2 aromatic heterocycles. The summed E-state index contributed by atoms with van der Waals surface area (Å²) in [5.41, 5.74) is 3.89. The van der Waals surface area contributed by atoms with Crippen molar-refractivity contribution in [1.82, 2.24) is 24.5 Å². The quantitative estimate of drug-likeness (QED) is 0.623. The Hall–Kier alpha value is -3.48. The number of amides is 1. The van der Waals surface area contributed by atoms with Crippen molar-refractivity contribution in [2.75, 3.05) is 5.32 Å². The lowest BCUT2D eigenvalue weighted by Gasteiger charge is -2.07. The number of hydrogen-bond acceptors (Lipinski definition) is 4. The van der Waals surface area contributed by atoms with Crippen molar-refractivity contribution >= 4 is 22.6 Å². The zero-order valence-corrected chi connectivity index (χ0v) is 13.6. The third-order valence-corrected chi connectivity index (χ3v) is 4.00. The van der Waals surface area contributed by atoms with E-state index in [1.54, 1.807) is 29.3 Å². The van der Waals surface area contributed by atoms with Crippen LogP contribution in [0.5, 0.6) is 0 Å². The highest BCUT2D eigenvalue weighted by Crippen LogP contribution is 2.17. The first-order valence-corrected chi connectivity index (χ1v) is 7.97. The predicted molar refractivity (Wildman–Crippen MR) is 94.7 cm³/mol. The summed E-state index contributed by atoms with van der Waals surface area (Å²) < 4.78 is 3.70. The number of benzene rings is 2. The fraction of sp³-hybridized carbons (Fsp3) is 0.111. The summed E-state index contributed by atoms with van der Waals surface area (Å²) in [6.07, 6.45) is 5.32. The van der Waals surface area contributed by atoms with Gasteiger partial charge in [0.15, 0.2) is 0 Å². The summed E-state index contributed by atoms with van der Waals surface area (Å²) in [4.78, 5) is 16.5. The van der Waals surface area contributed by atoms with Crippen LogP contribution in [0.15, 0.2) is 61.2 Å². The Morgan fingerprint density at radius 3 is 2.72 bits per heavy atom. The minimum Gasteiger partial charge on any atom is -0.322 e. The molecule has 0 fully saturated rings. The van der Waals surface area contributed by atoms with E-state index in [4.69, 9.17) is 0 Å². The Morgan fingerprint density at radius 2 is 2.00 bits per heavy atom. The van der Waals surface area contributed by atoms with E-state index >= 15 is 0 Å². The number of hydrogen-bond donors (Lipinski definition) is 1. The van der Waals surface area contributed by atoms with Crippen LogP contribution in [0.2, 0.25) is 0 Å². The summed E-state index contributed by atoms with van der Waals surface area (Å²) in [7, 11) is 0. The molecule has 0 atom stereocenters. The average Bonchev–Trinajstić information content (AvgIpc) is 3.31. The molecule has 124 valence electrons. The van der Waals surface area contributed by atoms with E-state index in [0.29, 0.717) is 11.1 Å². The monoisotopic (exact) mass is 332 g/mol. The number of rotatable bonds is 4. The lowest BCUT2D eigenvalue weighted by molar-refractivity contribution is 0.102. The average molecular weight is 332 g/mol. The van der Waals surface area contributed by atoms with Crippen LogP contribution < -0.4 is 5.32 Å². The molecule has 0 aliphatic heterocycles. The first-order valence-electron chi connectivity index (χ1n) is 7.97. The van der Waals surface area contributed by atoms with E-state index in [1.165, 1.54) is 0 Å². The Bertz CT molecular complexity index is 1020. The summed E-state index contributed by atoms with van der Waals surface area (Å²) in [6, 6.07) is 13.0. The molecule has 1 amide bonds. The fourth-order valence-electron chi connectivity index (χ4n) is 2.68. The van der Waals surface area contributed by atoms with Gasteiger partial charge in [0.1, 0.15) is 5.52 Å². The fourth-order valence-corrected chi connectivity index (χ4v) is 2.68. The van der Waals surface area contributed by atoms with Crippen molar-refractivity contribution < 1.29 is 4.79 Å². The summed E-state index contributed by atoms with van der Waals surface area (Å²) in [5, 5.41) is 11.1. The van der Waals surface area contributed by atoms with Crippen LogP contribution in [0.25, 0.3) is 16.7 Å². The highest BCUT2D eigenvalue weighted by Gasteiger charge is 2.10. The number of aryl methyl sites for hydroxylation is 1. The minimum atomic E-state index is -0.177. The minimum absolute atomic E-state index is 0.177. The van der Waals surface area contributed by atoms with E-state index in [9.17, 15) is 4.79 Å². The smallest absolute Gasteiger partial charge is 0.255 e. The van der Waals surface area contributed by atoms with E-state index in [2.05, 4.69) is 20.6 Å². The highest BCUT2D eigenvalue weighted by molar-refractivity contribution is 6.05. The van der Waals surface area contributed by atoms with Gasteiger partial charge in [-0.15, -0.1) is 5.10 Å². The Labute approximate surface area is 143 Å². The lowest BCUT2D eigenvalue weighted by Crippen LogP contribution is -2.11. The molecule has 4 aromatic rings. The van der Waals surface area contributed by atoms with E-state index in [0.717, 1.165) is 23.4 Å². The standard InChI is InChI=1S/C18H16N6O/c1-2-24-17-8-3-13(11-16(17)21-22-24)18(25)20-14-4-6-15(7-5-14)23-10-9-19-12-23/h3-12H,2H2,1H3,(H,20,25). The molecular weight excluding hydrogens is 316 g/mol. The van der Waals surface area contributed by atoms with Crippen LogP contribution in [0.3, 0.4) is 0 Å². The zero-order chi connectivity index (χ0) is 17.2. The van der Waals surface area contributed by atoms with Gasteiger partial charge < -0.3 is 9.88 Å². The summed E-state index contributed by atoms with van der Waals surface area (Å²) >= 11 is 0. The molecule has 2 heterocycles. The SMILES string of the molecule is CCn1nnc2cc(C(=O)Nc3ccc(-n4ccnc4)cc3)ccc21. The number of anilines is 1. The second-order valence-corrected chi connectivity index (χ2v) is 5.58. The highest BCUT2D eigenvalue weighted by atomic mass is 16.1. The maximum Gasteiger partial charge on any atom is 0.255 e. The third kappa shape index (κ3) is 2.87. The second kappa shape index (κ2) is 6.20. The Morgan fingerprint density at radius 1 is 1.16 bits per heavy atom. The normalized spacial score (nSPS) is 10.9. The Balaban J connectivity index is 1.53. The molecule has 0 unspecified atom stereocenters. The molecule has 0 saturated heterocycles. The molecule has 0 aliphatic carbocycles. The van der Waals surface area contributed by atoms with Crippen LogP contribution in [-0.4, -0.2) is 30.5 Å². The van der Waals surface area contributed by atoms with Crippen molar-refractivity contribution in [2.24, 2.45) is 0 Å². The van der Waals surface area contributed by atoms with Crippen LogP contribution in [0.4, 0.5) is 5.69 Å². The Kier molecular flexibility index (Phi) is 3.74. The molecule has 7 heteroatoms. The van der Waals surface area contributed by atoms with Crippen molar-refractivity contribution in [3.05, 3.63) is 66.7 Å². The van der Waals surface area contributed by atoms with Crippen molar-refractivity contribution in [3.8, 4) is 5.69 Å². The number of carbonyl (C=O) groups is 1. The van der Waals surface area contributed by atoms with Gasteiger partial charge in [-0.1, -0.05) is 5.21 Å². The maximum absolute atomic E-state index is 12.5. The van der Waals surface area contributed by atoms with E-state index in [1.807, 2.05) is 48.0 Å². The molecule has 0 radical (unpaired) electrons. The van der Waals surface area contributed by atoms with Gasteiger partial charge in [-0.2, -0.15) is 0 Å². The second-order valence-electron chi connectivity index (χ2n) is 5.58. The number of nitrogens with one attached hydrogen (secondary N) is 1. The lowest BCUT2D eigenvalue weighted by atomic mass is 10.1. The third-order valence-electron chi connectivity index (χ3n) is 4.00. The number of carbonyl (C=O) groups excluding carboxylic acids is 1. The van der Waals surface area contributed by atoms with Gasteiger partial charge in [-0.25, -0.2) is 9.67 Å². The van der Waals surface area contributed by atoms with E-state index < -0.39 is 0 Å².